The van der Waals surface area contributed by atoms with E-state index < -0.39 is 0 Å². The topological polar surface area (TPSA) is 49.8 Å². The normalized spacial score (nSPS) is 10.8. The molecule has 2 heterocycles. The van der Waals surface area contributed by atoms with Crippen LogP contribution in [0.15, 0.2) is 52.0 Å². The highest BCUT2D eigenvalue weighted by Gasteiger charge is 2.03. The summed E-state index contributed by atoms with van der Waals surface area (Å²) in [6.45, 7) is 2.89. The Morgan fingerprint density at radius 3 is 2.67 bits per heavy atom. The summed E-state index contributed by atoms with van der Waals surface area (Å²) in [6, 6.07) is 9.94. The van der Waals surface area contributed by atoms with Gasteiger partial charge in [0.05, 0.1) is 5.69 Å². The number of anilines is 1. The SMILES string of the molecule is Cc1sc(CNc2ccc(-n3cc[nH]c3=O)cc2)cc1Br. The lowest BCUT2D eigenvalue weighted by molar-refractivity contribution is 0.987. The first-order chi connectivity index (χ1) is 10.1. The average Bonchev–Trinajstić information content (AvgIpc) is 3.04. The number of hydrogen-bond donors (Lipinski definition) is 2. The molecule has 4 nitrogen and oxygen atoms in total. The highest BCUT2D eigenvalue weighted by molar-refractivity contribution is 9.10. The van der Waals surface area contributed by atoms with Gasteiger partial charge in [0.1, 0.15) is 0 Å². The lowest BCUT2D eigenvalue weighted by atomic mass is 10.2. The predicted molar refractivity (Wildman–Crippen MR) is 90.5 cm³/mol. The van der Waals surface area contributed by atoms with Crippen molar-refractivity contribution in [1.82, 2.24) is 9.55 Å². The second-order valence-corrected chi connectivity index (χ2v) is 6.85. The summed E-state index contributed by atoms with van der Waals surface area (Å²) >= 11 is 5.31. The fraction of sp³-hybridized carbons (Fsp3) is 0.133. The third-order valence-corrected chi connectivity index (χ3v) is 5.31. The number of hydrogen-bond acceptors (Lipinski definition) is 3. The van der Waals surface area contributed by atoms with Crippen molar-refractivity contribution in [3.05, 3.63) is 67.4 Å². The predicted octanol–water partition coefficient (Wildman–Crippen LogP) is 3.91. The van der Waals surface area contributed by atoms with Gasteiger partial charge >= 0.3 is 5.69 Å². The smallest absolute Gasteiger partial charge is 0.330 e. The molecule has 1 aromatic carbocycles. The zero-order chi connectivity index (χ0) is 14.8. The van der Waals surface area contributed by atoms with Crippen LogP contribution in [-0.4, -0.2) is 9.55 Å². The number of rotatable bonds is 4. The summed E-state index contributed by atoms with van der Waals surface area (Å²) in [5.74, 6) is 0. The number of nitrogens with zero attached hydrogens (tertiary/aromatic N) is 1. The summed E-state index contributed by atoms with van der Waals surface area (Å²) in [5.41, 5.74) is 1.75. The Bertz CT molecular complexity index is 781. The van der Waals surface area contributed by atoms with Crippen LogP contribution in [0, 0.1) is 6.92 Å². The lowest BCUT2D eigenvalue weighted by Crippen LogP contribution is -2.13. The number of aromatic nitrogens is 2. The molecule has 0 atom stereocenters. The third-order valence-electron chi connectivity index (χ3n) is 3.17. The molecule has 108 valence electrons. The Kier molecular flexibility index (Phi) is 3.98. The van der Waals surface area contributed by atoms with Crippen LogP contribution in [0.1, 0.15) is 9.75 Å². The van der Waals surface area contributed by atoms with Crippen molar-refractivity contribution in [1.29, 1.82) is 0 Å². The van der Waals surface area contributed by atoms with E-state index in [1.165, 1.54) is 9.75 Å². The van der Waals surface area contributed by atoms with E-state index >= 15 is 0 Å². The largest absolute Gasteiger partial charge is 0.380 e. The van der Waals surface area contributed by atoms with Gasteiger partial charge in [-0.1, -0.05) is 0 Å². The van der Waals surface area contributed by atoms with Gasteiger partial charge in [-0.2, -0.15) is 0 Å². The van der Waals surface area contributed by atoms with Gasteiger partial charge in [-0.15, -0.1) is 11.3 Å². The van der Waals surface area contributed by atoms with Gasteiger partial charge in [-0.3, -0.25) is 4.57 Å². The number of imidazole rings is 1. The first-order valence-electron chi connectivity index (χ1n) is 6.48. The summed E-state index contributed by atoms with van der Waals surface area (Å²) in [5, 5.41) is 3.38. The van der Waals surface area contributed by atoms with E-state index in [1.807, 2.05) is 24.3 Å². The number of aryl methyl sites for hydroxylation is 1. The Morgan fingerprint density at radius 1 is 1.33 bits per heavy atom. The fourth-order valence-electron chi connectivity index (χ4n) is 2.06. The van der Waals surface area contributed by atoms with E-state index in [9.17, 15) is 4.79 Å². The summed E-state index contributed by atoms with van der Waals surface area (Å²) in [6.07, 6.45) is 3.35. The quantitative estimate of drug-likeness (QED) is 0.738. The lowest BCUT2D eigenvalue weighted by Gasteiger charge is -2.06. The van der Waals surface area contributed by atoms with E-state index in [2.05, 4.69) is 39.2 Å². The van der Waals surface area contributed by atoms with Crippen LogP contribution in [0.4, 0.5) is 5.69 Å². The highest BCUT2D eigenvalue weighted by atomic mass is 79.9. The molecule has 3 rings (SSSR count). The van der Waals surface area contributed by atoms with Crippen LogP contribution in [0.2, 0.25) is 0 Å². The average molecular weight is 364 g/mol. The molecule has 0 spiro atoms. The molecule has 0 unspecified atom stereocenters. The molecule has 0 bridgehead atoms. The number of thiophene rings is 1. The van der Waals surface area contributed by atoms with Gasteiger partial charge in [0.25, 0.3) is 0 Å². The van der Waals surface area contributed by atoms with Gasteiger partial charge in [-0.05, 0) is 53.2 Å². The van der Waals surface area contributed by atoms with Crippen LogP contribution in [0.3, 0.4) is 0 Å². The van der Waals surface area contributed by atoms with Crippen molar-refractivity contribution in [3.63, 3.8) is 0 Å². The number of aromatic amines is 1. The standard InChI is InChI=1S/C15H14BrN3OS/c1-10-14(16)8-13(21-10)9-18-11-2-4-12(5-3-11)19-7-6-17-15(19)20/h2-8,18H,9H2,1H3,(H,17,20). The van der Waals surface area contributed by atoms with Crippen molar-refractivity contribution in [2.45, 2.75) is 13.5 Å². The van der Waals surface area contributed by atoms with Gasteiger partial charge < -0.3 is 10.3 Å². The summed E-state index contributed by atoms with van der Waals surface area (Å²) in [7, 11) is 0. The van der Waals surface area contributed by atoms with Crippen molar-refractivity contribution in [2.75, 3.05) is 5.32 Å². The minimum absolute atomic E-state index is 0.130. The minimum Gasteiger partial charge on any atom is -0.380 e. The first-order valence-corrected chi connectivity index (χ1v) is 8.09. The van der Waals surface area contributed by atoms with Gasteiger partial charge in [0.15, 0.2) is 0 Å². The molecule has 2 N–H and O–H groups in total. The Labute approximate surface area is 134 Å². The summed E-state index contributed by atoms with van der Waals surface area (Å²) in [4.78, 5) is 16.7. The van der Waals surface area contributed by atoms with Gasteiger partial charge in [0.2, 0.25) is 0 Å². The minimum atomic E-state index is -0.130. The number of nitrogens with one attached hydrogen (secondary N) is 2. The molecule has 0 aliphatic rings. The Morgan fingerprint density at radius 2 is 2.10 bits per heavy atom. The Balaban J connectivity index is 1.70. The second kappa shape index (κ2) is 5.91. The molecule has 0 aliphatic heterocycles. The van der Waals surface area contributed by atoms with Crippen LogP contribution in [-0.2, 0) is 6.54 Å². The van der Waals surface area contributed by atoms with Crippen molar-refractivity contribution < 1.29 is 0 Å². The third kappa shape index (κ3) is 3.11. The maximum absolute atomic E-state index is 11.5. The first kappa shape index (κ1) is 14.2. The number of benzene rings is 1. The van der Waals surface area contributed by atoms with E-state index in [4.69, 9.17) is 0 Å². The molecule has 0 amide bonds. The molecule has 3 aromatic rings. The number of H-pyrrole nitrogens is 1. The molecular weight excluding hydrogens is 350 g/mol. The molecule has 0 fully saturated rings. The van der Waals surface area contributed by atoms with Crippen LogP contribution < -0.4 is 11.0 Å². The van der Waals surface area contributed by atoms with Crippen LogP contribution in [0.5, 0.6) is 0 Å². The number of halogens is 1. The highest BCUT2D eigenvalue weighted by Crippen LogP contribution is 2.27. The molecule has 0 saturated carbocycles. The van der Waals surface area contributed by atoms with Crippen molar-refractivity contribution in [2.24, 2.45) is 0 Å². The molecule has 0 radical (unpaired) electrons. The molecule has 2 aromatic heterocycles. The summed E-state index contributed by atoms with van der Waals surface area (Å²) < 4.78 is 2.73. The molecular formula is C15H14BrN3OS. The second-order valence-electron chi connectivity index (χ2n) is 4.65. The van der Waals surface area contributed by atoms with Crippen LogP contribution >= 0.6 is 27.3 Å². The molecule has 6 heteroatoms. The van der Waals surface area contributed by atoms with Crippen LogP contribution in [0.25, 0.3) is 5.69 Å². The molecule has 21 heavy (non-hydrogen) atoms. The van der Waals surface area contributed by atoms with E-state index in [1.54, 1.807) is 28.3 Å². The zero-order valence-corrected chi connectivity index (χ0v) is 13.8. The van der Waals surface area contributed by atoms with E-state index in [-0.39, 0.29) is 5.69 Å². The maximum atomic E-state index is 11.5. The van der Waals surface area contributed by atoms with Gasteiger partial charge in [0, 0.05) is 38.9 Å². The zero-order valence-electron chi connectivity index (χ0n) is 11.4. The molecule has 0 saturated heterocycles. The van der Waals surface area contributed by atoms with Gasteiger partial charge in [-0.25, -0.2) is 4.79 Å². The van der Waals surface area contributed by atoms with Crippen molar-refractivity contribution in [3.8, 4) is 5.69 Å². The van der Waals surface area contributed by atoms with E-state index in [0.717, 1.165) is 22.4 Å². The Hall–Kier alpha value is -1.79. The molecule has 0 aliphatic carbocycles. The van der Waals surface area contributed by atoms with E-state index in [0.29, 0.717) is 0 Å². The fourth-order valence-corrected chi connectivity index (χ4v) is 3.60. The maximum Gasteiger partial charge on any atom is 0.330 e. The van der Waals surface area contributed by atoms with Crippen molar-refractivity contribution >= 4 is 33.0 Å². The monoisotopic (exact) mass is 363 g/mol.